The summed E-state index contributed by atoms with van der Waals surface area (Å²) < 4.78 is 25.2. The summed E-state index contributed by atoms with van der Waals surface area (Å²) in [7, 11) is -3.43. The lowest BCUT2D eigenvalue weighted by Gasteiger charge is -2.05. The molecular formula is C9H14N4O3S. The van der Waals surface area contributed by atoms with Gasteiger partial charge in [0.25, 0.3) is 0 Å². The van der Waals surface area contributed by atoms with Crippen LogP contribution in [-0.4, -0.2) is 36.7 Å². The number of pyridine rings is 1. The average Bonchev–Trinajstić information content (AvgIpc) is 2.35. The molecule has 0 atom stereocenters. The maximum Gasteiger partial charge on any atom is 0.212 e. The maximum absolute atomic E-state index is 11.5. The van der Waals surface area contributed by atoms with Crippen LogP contribution in [0.25, 0.3) is 0 Å². The molecule has 7 nitrogen and oxygen atoms in total. The van der Waals surface area contributed by atoms with Gasteiger partial charge in [-0.1, -0.05) is 5.16 Å². The largest absolute Gasteiger partial charge is 0.409 e. The van der Waals surface area contributed by atoms with E-state index < -0.39 is 10.0 Å². The first-order valence-corrected chi connectivity index (χ1v) is 6.51. The molecule has 0 bridgehead atoms. The van der Waals surface area contributed by atoms with Gasteiger partial charge in [-0.2, -0.15) is 0 Å². The zero-order chi connectivity index (χ0) is 12.7. The molecule has 8 heteroatoms. The molecule has 94 valence electrons. The molecule has 0 aliphatic rings. The fourth-order valence-corrected chi connectivity index (χ4v) is 2.11. The lowest BCUT2D eigenvalue weighted by atomic mass is 10.2. The van der Waals surface area contributed by atoms with E-state index in [1.165, 1.54) is 0 Å². The van der Waals surface area contributed by atoms with Gasteiger partial charge in [-0.15, -0.1) is 0 Å². The van der Waals surface area contributed by atoms with E-state index in [-0.39, 0.29) is 18.1 Å². The SMILES string of the molecule is N/C(CNS(=O)(=O)CCc1ccncc1)=N/O. The highest BCUT2D eigenvalue weighted by Gasteiger charge is 2.10. The van der Waals surface area contributed by atoms with Crippen molar-refractivity contribution >= 4 is 15.9 Å². The van der Waals surface area contributed by atoms with Crippen molar-refractivity contribution in [1.82, 2.24) is 9.71 Å². The van der Waals surface area contributed by atoms with Crippen molar-refractivity contribution in [2.75, 3.05) is 12.3 Å². The summed E-state index contributed by atoms with van der Waals surface area (Å²) >= 11 is 0. The lowest BCUT2D eigenvalue weighted by Crippen LogP contribution is -2.35. The van der Waals surface area contributed by atoms with Crippen LogP contribution in [-0.2, 0) is 16.4 Å². The summed E-state index contributed by atoms with van der Waals surface area (Å²) in [6.45, 7) is -0.199. The molecule has 0 aromatic carbocycles. The van der Waals surface area contributed by atoms with Crippen LogP contribution in [0.1, 0.15) is 5.56 Å². The second-order valence-electron chi connectivity index (χ2n) is 3.34. The third-order valence-electron chi connectivity index (χ3n) is 2.01. The highest BCUT2D eigenvalue weighted by molar-refractivity contribution is 7.89. The Kier molecular flexibility index (Phi) is 4.85. The van der Waals surface area contributed by atoms with E-state index in [2.05, 4.69) is 14.9 Å². The summed E-state index contributed by atoms with van der Waals surface area (Å²) in [6.07, 6.45) is 3.59. The van der Waals surface area contributed by atoms with Gasteiger partial charge < -0.3 is 10.9 Å². The Morgan fingerprint density at radius 1 is 1.47 bits per heavy atom. The number of sulfonamides is 1. The quantitative estimate of drug-likeness (QED) is 0.269. The molecule has 0 amide bonds. The van der Waals surface area contributed by atoms with E-state index in [4.69, 9.17) is 10.9 Å². The van der Waals surface area contributed by atoms with Crippen LogP contribution in [0.5, 0.6) is 0 Å². The van der Waals surface area contributed by atoms with Gasteiger partial charge in [-0.05, 0) is 24.1 Å². The first-order valence-electron chi connectivity index (χ1n) is 4.86. The average molecular weight is 258 g/mol. The molecule has 0 fully saturated rings. The van der Waals surface area contributed by atoms with E-state index in [0.717, 1.165) is 5.56 Å². The first-order chi connectivity index (χ1) is 8.03. The Hall–Kier alpha value is -1.67. The Balaban J connectivity index is 2.45. The van der Waals surface area contributed by atoms with E-state index >= 15 is 0 Å². The van der Waals surface area contributed by atoms with Crippen molar-refractivity contribution < 1.29 is 13.6 Å². The minimum absolute atomic E-state index is 0.0598. The van der Waals surface area contributed by atoms with Gasteiger partial charge in [0, 0.05) is 12.4 Å². The van der Waals surface area contributed by atoms with Crippen LogP contribution in [0.4, 0.5) is 0 Å². The van der Waals surface area contributed by atoms with E-state index in [9.17, 15) is 8.42 Å². The highest BCUT2D eigenvalue weighted by Crippen LogP contribution is 1.99. The molecule has 4 N–H and O–H groups in total. The second kappa shape index (κ2) is 6.16. The molecule has 0 unspecified atom stereocenters. The number of rotatable bonds is 6. The zero-order valence-electron chi connectivity index (χ0n) is 9.07. The number of hydrogen-bond acceptors (Lipinski definition) is 5. The summed E-state index contributed by atoms with van der Waals surface area (Å²) in [4.78, 5) is 3.84. The van der Waals surface area contributed by atoms with Gasteiger partial charge >= 0.3 is 0 Å². The number of aromatic nitrogens is 1. The third kappa shape index (κ3) is 5.27. The van der Waals surface area contributed by atoms with Crippen LogP contribution in [0, 0.1) is 0 Å². The third-order valence-corrected chi connectivity index (χ3v) is 3.34. The van der Waals surface area contributed by atoms with Gasteiger partial charge in [-0.25, -0.2) is 13.1 Å². The molecule has 1 heterocycles. The zero-order valence-corrected chi connectivity index (χ0v) is 9.89. The predicted molar refractivity (Wildman–Crippen MR) is 63.1 cm³/mol. The number of nitrogens with one attached hydrogen (secondary N) is 1. The molecule has 0 spiro atoms. The number of nitrogens with zero attached hydrogens (tertiary/aromatic N) is 2. The van der Waals surface area contributed by atoms with Crippen LogP contribution >= 0.6 is 0 Å². The monoisotopic (exact) mass is 258 g/mol. The number of hydrogen-bond donors (Lipinski definition) is 3. The van der Waals surface area contributed by atoms with Crippen molar-refractivity contribution in [3.63, 3.8) is 0 Å². The smallest absolute Gasteiger partial charge is 0.212 e. The van der Waals surface area contributed by atoms with E-state index in [1.807, 2.05) is 0 Å². The van der Waals surface area contributed by atoms with E-state index in [0.29, 0.717) is 6.42 Å². The summed E-state index contributed by atoms with van der Waals surface area (Å²) in [5.41, 5.74) is 6.04. The van der Waals surface area contributed by atoms with Gasteiger partial charge in [0.1, 0.15) is 0 Å². The van der Waals surface area contributed by atoms with E-state index in [1.54, 1.807) is 24.5 Å². The standard InChI is InChI=1S/C9H14N4O3S/c10-9(13-14)7-12-17(15,16)6-3-8-1-4-11-5-2-8/h1-2,4-5,12,14H,3,6-7H2,(H2,10,13). The summed E-state index contributed by atoms with van der Waals surface area (Å²) in [6, 6.07) is 3.50. The highest BCUT2D eigenvalue weighted by atomic mass is 32.2. The molecule has 1 aromatic rings. The van der Waals surface area contributed by atoms with Crippen molar-refractivity contribution in [3.05, 3.63) is 30.1 Å². The minimum Gasteiger partial charge on any atom is -0.409 e. The molecule has 0 aliphatic carbocycles. The van der Waals surface area contributed by atoms with Crippen LogP contribution in [0.3, 0.4) is 0 Å². The summed E-state index contributed by atoms with van der Waals surface area (Å²) in [5.74, 6) is -0.243. The van der Waals surface area contributed by atoms with Crippen molar-refractivity contribution in [1.29, 1.82) is 0 Å². The molecule has 1 aromatic heterocycles. The molecule has 0 saturated heterocycles. The van der Waals surface area contributed by atoms with Crippen molar-refractivity contribution in [2.24, 2.45) is 10.9 Å². The molecular weight excluding hydrogens is 244 g/mol. The molecule has 1 rings (SSSR count). The molecule has 0 saturated carbocycles. The first kappa shape index (κ1) is 13.4. The van der Waals surface area contributed by atoms with Crippen molar-refractivity contribution in [2.45, 2.75) is 6.42 Å². The molecule has 0 aliphatic heterocycles. The number of oxime groups is 1. The fraction of sp³-hybridized carbons (Fsp3) is 0.333. The predicted octanol–water partition coefficient (Wildman–Crippen LogP) is -0.710. The molecule has 17 heavy (non-hydrogen) atoms. The van der Waals surface area contributed by atoms with Gasteiger partial charge in [0.15, 0.2) is 5.84 Å². The molecule has 0 radical (unpaired) electrons. The van der Waals surface area contributed by atoms with Crippen LogP contribution in [0.15, 0.2) is 29.7 Å². The number of amidine groups is 1. The Morgan fingerprint density at radius 3 is 2.71 bits per heavy atom. The van der Waals surface area contributed by atoms with Gasteiger partial charge in [0.2, 0.25) is 10.0 Å². The Bertz CT molecular complexity index is 472. The maximum atomic E-state index is 11.5. The summed E-state index contributed by atoms with van der Waals surface area (Å²) in [5, 5.41) is 10.9. The fourth-order valence-electron chi connectivity index (χ4n) is 1.09. The van der Waals surface area contributed by atoms with Crippen LogP contribution in [0.2, 0.25) is 0 Å². The lowest BCUT2D eigenvalue weighted by molar-refractivity contribution is 0.317. The Labute approximate surface area is 99.4 Å². The number of nitrogens with two attached hydrogens (primary N) is 1. The van der Waals surface area contributed by atoms with Crippen LogP contribution < -0.4 is 10.5 Å². The normalized spacial score (nSPS) is 12.6. The number of aryl methyl sites for hydroxylation is 1. The second-order valence-corrected chi connectivity index (χ2v) is 5.26. The van der Waals surface area contributed by atoms with Gasteiger partial charge in [0.05, 0.1) is 12.3 Å². The minimum atomic E-state index is -3.43. The van der Waals surface area contributed by atoms with Gasteiger partial charge in [-0.3, -0.25) is 4.98 Å². The Morgan fingerprint density at radius 2 is 2.12 bits per heavy atom. The topological polar surface area (TPSA) is 118 Å². The van der Waals surface area contributed by atoms with Crippen molar-refractivity contribution in [3.8, 4) is 0 Å².